The van der Waals surface area contributed by atoms with Crippen molar-refractivity contribution in [1.82, 2.24) is 4.90 Å². The van der Waals surface area contributed by atoms with Crippen LogP contribution in [0, 0.1) is 0 Å². The summed E-state index contributed by atoms with van der Waals surface area (Å²) in [7, 11) is 0. The molecule has 2 N–H and O–H groups in total. The van der Waals surface area contributed by atoms with Gasteiger partial charge in [0.1, 0.15) is 0 Å². The topological polar surface area (TPSA) is 29.3 Å². The van der Waals surface area contributed by atoms with E-state index in [2.05, 4.69) is 48.2 Å². The van der Waals surface area contributed by atoms with Crippen LogP contribution in [-0.2, 0) is 19.4 Å². The highest BCUT2D eigenvalue weighted by atomic mass is 15.2. The minimum atomic E-state index is 0.546. The van der Waals surface area contributed by atoms with E-state index in [0.29, 0.717) is 6.04 Å². The summed E-state index contributed by atoms with van der Waals surface area (Å²) in [5.74, 6) is 0. The molecule has 1 unspecified atom stereocenters. The zero-order chi connectivity index (χ0) is 13.9. The molecule has 2 aromatic carbocycles. The fourth-order valence-electron chi connectivity index (χ4n) is 3.08. The summed E-state index contributed by atoms with van der Waals surface area (Å²) in [6.45, 7) is 4.54. The summed E-state index contributed by atoms with van der Waals surface area (Å²) in [6.07, 6.45) is 2.23. The van der Waals surface area contributed by atoms with E-state index >= 15 is 0 Å². The lowest BCUT2D eigenvalue weighted by Crippen LogP contribution is -2.38. The Hall–Kier alpha value is -1.80. The molecule has 0 radical (unpaired) electrons. The number of hydrogen-bond donors (Lipinski definition) is 1. The van der Waals surface area contributed by atoms with Gasteiger partial charge < -0.3 is 5.73 Å². The first-order chi connectivity index (χ1) is 9.72. The van der Waals surface area contributed by atoms with Crippen molar-refractivity contribution in [2.75, 3.05) is 12.3 Å². The molecular weight excluding hydrogens is 244 g/mol. The minimum absolute atomic E-state index is 0.546. The van der Waals surface area contributed by atoms with Crippen LogP contribution in [0.4, 0.5) is 5.69 Å². The van der Waals surface area contributed by atoms with Gasteiger partial charge in [0, 0.05) is 24.8 Å². The lowest BCUT2D eigenvalue weighted by molar-refractivity contribution is 0.189. The third kappa shape index (κ3) is 2.86. The highest BCUT2D eigenvalue weighted by Crippen LogP contribution is 2.22. The van der Waals surface area contributed by atoms with Gasteiger partial charge in [-0.15, -0.1) is 0 Å². The zero-order valence-electron chi connectivity index (χ0n) is 12.0. The number of anilines is 1. The molecule has 1 aliphatic heterocycles. The molecule has 1 heterocycles. The average Bonchev–Trinajstić information content (AvgIpc) is 2.47. The molecule has 3 rings (SSSR count). The molecule has 2 aromatic rings. The Balaban J connectivity index is 1.68. The van der Waals surface area contributed by atoms with Crippen LogP contribution in [0.15, 0.2) is 48.5 Å². The molecule has 1 atom stereocenters. The lowest BCUT2D eigenvalue weighted by atomic mass is 9.97. The summed E-state index contributed by atoms with van der Waals surface area (Å²) in [5, 5.41) is 0. The Labute approximate surface area is 121 Å². The van der Waals surface area contributed by atoms with Crippen LogP contribution in [0.3, 0.4) is 0 Å². The van der Waals surface area contributed by atoms with Gasteiger partial charge in [-0.05, 0) is 48.6 Å². The van der Waals surface area contributed by atoms with Crippen molar-refractivity contribution in [2.24, 2.45) is 0 Å². The Kier molecular flexibility index (Phi) is 3.75. The standard InChI is InChI=1S/C18H22N2/c1-14(11-15-5-4-8-18(19)12-15)20-10-9-16-6-2-3-7-17(16)13-20/h2-8,12,14H,9-11,13,19H2,1H3. The molecule has 2 nitrogen and oxygen atoms in total. The molecule has 104 valence electrons. The summed E-state index contributed by atoms with van der Waals surface area (Å²) >= 11 is 0. The highest BCUT2D eigenvalue weighted by molar-refractivity contribution is 5.40. The van der Waals surface area contributed by atoms with E-state index in [1.54, 1.807) is 0 Å². The maximum absolute atomic E-state index is 5.86. The first-order valence-electron chi connectivity index (χ1n) is 7.37. The first-order valence-corrected chi connectivity index (χ1v) is 7.37. The number of fused-ring (bicyclic) bond motifs is 1. The third-order valence-corrected chi connectivity index (χ3v) is 4.27. The normalized spacial score (nSPS) is 16.6. The zero-order valence-corrected chi connectivity index (χ0v) is 12.0. The maximum Gasteiger partial charge on any atom is 0.0316 e. The highest BCUT2D eigenvalue weighted by Gasteiger charge is 2.20. The molecular formula is C18H22N2. The van der Waals surface area contributed by atoms with Crippen LogP contribution in [0.5, 0.6) is 0 Å². The SMILES string of the molecule is CC(Cc1cccc(N)c1)N1CCc2ccccc2C1. The van der Waals surface area contributed by atoms with Gasteiger partial charge in [-0.1, -0.05) is 36.4 Å². The molecule has 1 aliphatic rings. The smallest absolute Gasteiger partial charge is 0.0316 e. The summed E-state index contributed by atoms with van der Waals surface area (Å²) < 4.78 is 0. The molecule has 0 bridgehead atoms. The average molecular weight is 266 g/mol. The predicted octanol–water partition coefficient (Wildman–Crippen LogP) is 3.26. The molecule has 2 heteroatoms. The number of nitrogens with two attached hydrogens (primary N) is 1. The Bertz CT molecular complexity index is 591. The minimum Gasteiger partial charge on any atom is -0.399 e. The predicted molar refractivity (Wildman–Crippen MR) is 84.6 cm³/mol. The maximum atomic E-state index is 5.86. The van der Waals surface area contributed by atoms with E-state index in [-0.39, 0.29) is 0 Å². The summed E-state index contributed by atoms with van der Waals surface area (Å²) in [5.41, 5.74) is 11.1. The molecule has 0 saturated carbocycles. The number of benzene rings is 2. The third-order valence-electron chi connectivity index (χ3n) is 4.27. The van der Waals surface area contributed by atoms with Crippen LogP contribution in [-0.4, -0.2) is 17.5 Å². The monoisotopic (exact) mass is 266 g/mol. The molecule has 0 amide bonds. The number of hydrogen-bond acceptors (Lipinski definition) is 2. The molecule has 0 saturated heterocycles. The Morgan fingerprint density at radius 1 is 1.10 bits per heavy atom. The second-order valence-electron chi connectivity index (χ2n) is 5.79. The summed E-state index contributed by atoms with van der Waals surface area (Å²) in [4.78, 5) is 2.57. The van der Waals surface area contributed by atoms with E-state index in [1.807, 2.05) is 12.1 Å². The van der Waals surface area contributed by atoms with E-state index in [0.717, 1.165) is 31.6 Å². The van der Waals surface area contributed by atoms with E-state index in [1.165, 1.54) is 16.7 Å². The second kappa shape index (κ2) is 5.68. The van der Waals surface area contributed by atoms with Crippen molar-refractivity contribution in [3.8, 4) is 0 Å². The van der Waals surface area contributed by atoms with E-state index in [4.69, 9.17) is 5.73 Å². The Morgan fingerprint density at radius 2 is 1.90 bits per heavy atom. The summed E-state index contributed by atoms with van der Waals surface area (Å²) in [6, 6.07) is 17.6. The molecule has 0 aliphatic carbocycles. The first kappa shape index (κ1) is 13.2. The number of rotatable bonds is 3. The van der Waals surface area contributed by atoms with Gasteiger partial charge >= 0.3 is 0 Å². The van der Waals surface area contributed by atoms with Gasteiger partial charge in [0.2, 0.25) is 0 Å². The van der Waals surface area contributed by atoms with Crippen molar-refractivity contribution in [1.29, 1.82) is 0 Å². The lowest BCUT2D eigenvalue weighted by Gasteiger charge is -2.33. The van der Waals surface area contributed by atoms with Crippen molar-refractivity contribution < 1.29 is 0 Å². The van der Waals surface area contributed by atoms with E-state index in [9.17, 15) is 0 Å². The van der Waals surface area contributed by atoms with Gasteiger partial charge in [0.15, 0.2) is 0 Å². The molecule has 0 aromatic heterocycles. The van der Waals surface area contributed by atoms with Gasteiger partial charge in [-0.25, -0.2) is 0 Å². The van der Waals surface area contributed by atoms with E-state index < -0.39 is 0 Å². The van der Waals surface area contributed by atoms with Crippen molar-refractivity contribution in [3.05, 3.63) is 65.2 Å². The largest absolute Gasteiger partial charge is 0.399 e. The molecule has 0 spiro atoms. The van der Waals surface area contributed by atoms with Crippen LogP contribution in [0.2, 0.25) is 0 Å². The number of nitrogen functional groups attached to an aromatic ring is 1. The van der Waals surface area contributed by atoms with Crippen LogP contribution >= 0.6 is 0 Å². The van der Waals surface area contributed by atoms with Crippen molar-refractivity contribution in [3.63, 3.8) is 0 Å². The fraction of sp³-hybridized carbons (Fsp3) is 0.333. The van der Waals surface area contributed by atoms with Crippen molar-refractivity contribution >= 4 is 5.69 Å². The number of nitrogens with zero attached hydrogens (tertiary/aromatic N) is 1. The van der Waals surface area contributed by atoms with Gasteiger partial charge in [0.25, 0.3) is 0 Å². The molecule has 0 fully saturated rings. The van der Waals surface area contributed by atoms with Crippen LogP contribution < -0.4 is 5.73 Å². The van der Waals surface area contributed by atoms with Crippen LogP contribution in [0.1, 0.15) is 23.6 Å². The quantitative estimate of drug-likeness (QED) is 0.864. The van der Waals surface area contributed by atoms with Gasteiger partial charge in [-0.3, -0.25) is 4.90 Å². The van der Waals surface area contributed by atoms with Crippen LogP contribution in [0.25, 0.3) is 0 Å². The fourth-order valence-corrected chi connectivity index (χ4v) is 3.08. The molecule has 20 heavy (non-hydrogen) atoms. The van der Waals surface area contributed by atoms with Crippen molar-refractivity contribution in [2.45, 2.75) is 32.4 Å². The van der Waals surface area contributed by atoms with Gasteiger partial charge in [0.05, 0.1) is 0 Å². The Morgan fingerprint density at radius 3 is 2.70 bits per heavy atom. The van der Waals surface area contributed by atoms with Gasteiger partial charge in [-0.2, -0.15) is 0 Å². The second-order valence-corrected chi connectivity index (χ2v) is 5.79.